The van der Waals surface area contributed by atoms with Crippen LogP contribution >= 0.6 is 0 Å². The van der Waals surface area contributed by atoms with Crippen LogP contribution in [-0.2, 0) is 21.4 Å². The molecule has 1 aliphatic heterocycles. The molecule has 0 bridgehead atoms. The van der Waals surface area contributed by atoms with Crippen LogP contribution in [0.5, 0.6) is 0 Å². The van der Waals surface area contributed by atoms with Crippen molar-refractivity contribution in [2.45, 2.75) is 88.6 Å². The average molecular weight is 563 g/mol. The van der Waals surface area contributed by atoms with Crippen LogP contribution < -0.4 is 5.32 Å². The molecule has 39 heavy (non-hydrogen) atoms. The number of hydrogen-bond acceptors (Lipinski definition) is 6. The van der Waals surface area contributed by atoms with Gasteiger partial charge in [-0.2, -0.15) is 18.2 Å². The molecule has 214 valence electrons. The highest BCUT2D eigenvalue weighted by molar-refractivity contribution is 5.78. The quantitative estimate of drug-likeness (QED) is 0.365. The zero-order valence-electron chi connectivity index (χ0n) is 21.5. The molecule has 1 N–H and O–H groups in total. The zero-order valence-corrected chi connectivity index (χ0v) is 21.5. The summed E-state index contributed by atoms with van der Waals surface area (Å²) in [6.45, 7) is 5.07. The van der Waals surface area contributed by atoms with Crippen molar-refractivity contribution in [2.24, 2.45) is 0 Å². The summed E-state index contributed by atoms with van der Waals surface area (Å²) in [5.41, 5.74) is -3.33. The lowest BCUT2D eigenvalue weighted by Crippen LogP contribution is -2.44. The van der Waals surface area contributed by atoms with Crippen molar-refractivity contribution in [3.8, 4) is 0 Å². The maximum Gasteiger partial charge on any atom is 0.407 e. The van der Waals surface area contributed by atoms with E-state index in [9.17, 15) is 35.9 Å². The molecule has 1 aromatic heterocycles. The van der Waals surface area contributed by atoms with Crippen molar-refractivity contribution in [2.75, 3.05) is 6.54 Å². The van der Waals surface area contributed by atoms with Crippen molar-refractivity contribution < 1.29 is 45.2 Å². The third-order valence-corrected chi connectivity index (χ3v) is 6.71. The summed E-state index contributed by atoms with van der Waals surface area (Å²) in [7, 11) is 0. The van der Waals surface area contributed by atoms with Gasteiger partial charge in [0, 0.05) is 25.1 Å². The molecule has 2 aromatic rings. The van der Waals surface area contributed by atoms with E-state index < -0.39 is 71.0 Å². The molecule has 1 saturated carbocycles. The van der Waals surface area contributed by atoms with Gasteiger partial charge in [-0.3, -0.25) is 4.79 Å². The molecule has 8 nitrogen and oxygen atoms in total. The number of alkyl carbamates (subject to hydrolysis) is 1. The first-order valence-electron chi connectivity index (χ1n) is 12.4. The Hall–Kier alpha value is -3.32. The van der Waals surface area contributed by atoms with E-state index in [0.717, 1.165) is 0 Å². The van der Waals surface area contributed by atoms with Crippen LogP contribution in [0.25, 0.3) is 0 Å². The van der Waals surface area contributed by atoms with Crippen molar-refractivity contribution >= 4 is 12.0 Å². The first-order valence-corrected chi connectivity index (χ1v) is 12.4. The summed E-state index contributed by atoms with van der Waals surface area (Å²) in [4.78, 5) is 31.1. The summed E-state index contributed by atoms with van der Waals surface area (Å²) >= 11 is 0. The number of hydrogen-bond donors (Lipinski definition) is 1. The number of nitrogens with one attached hydrogen (secondary N) is 1. The molecule has 2 atom stereocenters. The van der Waals surface area contributed by atoms with E-state index in [1.165, 1.54) is 4.90 Å². The number of likely N-dealkylation sites (tertiary alicyclic amines) is 1. The molecule has 2 amide bonds. The second kappa shape index (κ2) is 10.3. The number of alkyl halides is 3. The molecular formula is C25H28F6N4O4. The van der Waals surface area contributed by atoms with Gasteiger partial charge in [0.15, 0.2) is 17.5 Å². The minimum atomic E-state index is -4.54. The Morgan fingerprint density at radius 1 is 1.15 bits per heavy atom. The number of halogens is 6. The Labute approximate surface area is 220 Å². The lowest BCUT2D eigenvalue weighted by Gasteiger charge is -2.27. The van der Waals surface area contributed by atoms with Crippen LogP contribution in [0.3, 0.4) is 0 Å². The Balaban J connectivity index is 1.52. The third kappa shape index (κ3) is 6.30. The highest BCUT2D eigenvalue weighted by Gasteiger charge is 2.68. The third-order valence-electron chi connectivity index (χ3n) is 6.71. The van der Waals surface area contributed by atoms with Gasteiger partial charge in [0.2, 0.25) is 11.8 Å². The maximum atomic E-state index is 14.4. The molecule has 14 heteroatoms. The van der Waals surface area contributed by atoms with Crippen LogP contribution in [0.4, 0.5) is 31.1 Å². The van der Waals surface area contributed by atoms with Gasteiger partial charge in [0.05, 0.1) is 6.04 Å². The number of carbonyl (C=O) groups is 2. The summed E-state index contributed by atoms with van der Waals surface area (Å²) in [6.07, 6.45) is -5.67. The molecule has 0 spiro atoms. The predicted octanol–water partition coefficient (Wildman–Crippen LogP) is 5.27. The number of aromatic nitrogens is 2. The fraction of sp³-hybridized carbons (Fsp3) is 0.600. The Kier molecular flexibility index (Phi) is 7.60. The van der Waals surface area contributed by atoms with Gasteiger partial charge in [-0.15, -0.1) is 0 Å². The van der Waals surface area contributed by atoms with Crippen LogP contribution in [0, 0.1) is 17.5 Å². The van der Waals surface area contributed by atoms with Crippen molar-refractivity contribution in [1.29, 1.82) is 0 Å². The molecular weight excluding hydrogens is 534 g/mol. The highest BCUT2D eigenvalue weighted by Crippen LogP contribution is 2.58. The smallest absolute Gasteiger partial charge is 0.407 e. The standard InChI is InChI=1S/C25H28F6N4O4/c1-23(2,3)38-22(37)32-14(9-13-10-16(27)17(28)12-15(13)26)11-19(36)35-8-4-5-18(35)20-33-21(39-34-20)24(6-7-24)25(29,30)31/h10,12,14,18H,4-9,11H2,1-3H3,(H,32,37). The topological polar surface area (TPSA) is 97.6 Å². The van der Waals surface area contributed by atoms with E-state index in [4.69, 9.17) is 9.26 Å². The molecule has 4 rings (SSSR count). The van der Waals surface area contributed by atoms with Crippen molar-refractivity contribution in [3.05, 3.63) is 46.9 Å². The van der Waals surface area contributed by atoms with Crippen LogP contribution in [0.15, 0.2) is 16.7 Å². The maximum absolute atomic E-state index is 14.4. The van der Waals surface area contributed by atoms with Gasteiger partial charge in [-0.1, -0.05) is 5.16 Å². The summed E-state index contributed by atoms with van der Waals surface area (Å²) < 4.78 is 92.1. The molecule has 2 unspecified atom stereocenters. The van der Waals surface area contributed by atoms with Gasteiger partial charge in [-0.05, 0) is 64.5 Å². The second-order valence-corrected chi connectivity index (χ2v) is 10.9. The predicted molar refractivity (Wildman–Crippen MR) is 123 cm³/mol. The largest absolute Gasteiger partial charge is 0.444 e. The molecule has 2 fully saturated rings. The average Bonchev–Trinajstić information content (AvgIpc) is 3.24. The summed E-state index contributed by atoms with van der Waals surface area (Å²) in [5, 5.41) is 6.19. The van der Waals surface area contributed by atoms with E-state index in [1.807, 2.05) is 0 Å². The number of amides is 2. The van der Waals surface area contributed by atoms with E-state index in [-0.39, 0.29) is 37.2 Å². The van der Waals surface area contributed by atoms with Crippen LogP contribution in [0.2, 0.25) is 0 Å². The van der Waals surface area contributed by atoms with E-state index in [0.29, 0.717) is 25.0 Å². The van der Waals surface area contributed by atoms with Crippen molar-refractivity contribution in [1.82, 2.24) is 20.4 Å². The Morgan fingerprint density at radius 2 is 1.82 bits per heavy atom. The van der Waals surface area contributed by atoms with Crippen LogP contribution in [0.1, 0.15) is 76.2 Å². The summed E-state index contributed by atoms with van der Waals surface area (Å²) in [5.74, 6) is -4.88. The normalized spacial score (nSPS) is 19.6. The molecule has 1 saturated heterocycles. The SMILES string of the molecule is CC(C)(C)OC(=O)NC(CC(=O)N1CCCC1c1noc(C2(C(F)(F)F)CC2)n1)Cc1cc(F)c(F)cc1F. The number of ether oxygens (including phenoxy) is 1. The molecule has 1 aromatic carbocycles. The number of benzene rings is 1. The van der Waals surface area contributed by atoms with Crippen LogP contribution in [-0.4, -0.2) is 51.4 Å². The van der Waals surface area contributed by atoms with Gasteiger partial charge < -0.3 is 19.5 Å². The molecule has 0 radical (unpaired) electrons. The first kappa shape index (κ1) is 28.7. The highest BCUT2D eigenvalue weighted by atomic mass is 19.4. The van der Waals surface area contributed by atoms with E-state index in [1.54, 1.807) is 20.8 Å². The monoisotopic (exact) mass is 562 g/mol. The second-order valence-electron chi connectivity index (χ2n) is 10.9. The minimum Gasteiger partial charge on any atom is -0.444 e. The van der Waals surface area contributed by atoms with Gasteiger partial charge in [0.25, 0.3) is 0 Å². The van der Waals surface area contributed by atoms with Crippen molar-refractivity contribution in [3.63, 3.8) is 0 Å². The van der Waals surface area contributed by atoms with Gasteiger partial charge in [-0.25, -0.2) is 18.0 Å². The minimum absolute atomic E-state index is 0.0605. The number of nitrogens with zero attached hydrogens (tertiary/aromatic N) is 3. The molecule has 1 aliphatic carbocycles. The Morgan fingerprint density at radius 3 is 2.44 bits per heavy atom. The number of carbonyl (C=O) groups excluding carboxylic acids is 2. The lowest BCUT2D eigenvalue weighted by atomic mass is 10.0. The first-order chi connectivity index (χ1) is 18.1. The lowest BCUT2D eigenvalue weighted by molar-refractivity contribution is -0.166. The van der Waals surface area contributed by atoms with E-state index >= 15 is 0 Å². The Bertz CT molecular complexity index is 1240. The molecule has 2 aliphatic rings. The fourth-order valence-corrected chi connectivity index (χ4v) is 4.60. The number of rotatable bonds is 7. The van der Waals surface area contributed by atoms with E-state index in [2.05, 4.69) is 15.5 Å². The zero-order chi connectivity index (χ0) is 28.8. The van der Waals surface area contributed by atoms with Gasteiger partial charge >= 0.3 is 12.3 Å². The molecule has 2 heterocycles. The fourth-order valence-electron chi connectivity index (χ4n) is 4.60. The van der Waals surface area contributed by atoms with Gasteiger partial charge in [0.1, 0.15) is 16.8 Å². The summed E-state index contributed by atoms with van der Waals surface area (Å²) in [6, 6.07) is -0.836.